The van der Waals surface area contributed by atoms with Gasteiger partial charge in [-0.3, -0.25) is 0 Å². The van der Waals surface area contributed by atoms with Crippen LogP contribution in [0.4, 0.5) is 4.39 Å². The van der Waals surface area contributed by atoms with Gasteiger partial charge >= 0.3 is 0 Å². The van der Waals surface area contributed by atoms with Crippen LogP contribution in [0.25, 0.3) is 0 Å². The molecule has 1 saturated heterocycles. The normalized spacial score (nSPS) is 18.3. The van der Waals surface area contributed by atoms with Crippen molar-refractivity contribution in [1.82, 2.24) is 0 Å². The summed E-state index contributed by atoms with van der Waals surface area (Å²) in [6.07, 6.45) is 0. The molecule has 1 heterocycles. The Hall–Kier alpha value is -1.13. The molecule has 0 unspecified atom stereocenters. The van der Waals surface area contributed by atoms with E-state index < -0.39 is 5.79 Å². The molecule has 0 atom stereocenters. The first-order valence-electron chi connectivity index (χ1n) is 6.14. The molecular weight excluding hydrogens is 235 g/mol. The molecule has 0 spiro atoms. The van der Waals surface area contributed by atoms with Crippen LogP contribution in [0.5, 0.6) is 5.75 Å². The van der Waals surface area contributed by atoms with Crippen LogP contribution in [0.2, 0.25) is 0 Å². The number of hydrogen-bond acceptors (Lipinski definition) is 3. The molecule has 1 aromatic rings. The molecule has 4 heteroatoms. The third-order valence-corrected chi connectivity index (χ3v) is 3.27. The maximum absolute atomic E-state index is 14.1. The molecule has 0 amide bonds. The Labute approximate surface area is 107 Å². The standard InChI is InChI=1S/C14H19FO3/c1-9(2)10-7-11(12(15)8-13(10)16-4)14(3)17-5-6-18-14/h7-9H,5-6H2,1-4H3. The van der Waals surface area contributed by atoms with Crippen LogP contribution < -0.4 is 4.74 Å². The summed E-state index contributed by atoms with van der Waals surface area (Å²) in [5, 5.41) is 0. The van der Waals surface area contributed by atoms with Crippen molar-refractivity contribution in [2.24, 2.45) is 0 Å². The Kier molecular flexibility index (Phi) is 3.59. The largest absolute Gasteiger partial charge is 0.496 e. The minimum atomic E-state index is -0.986. The minimum absolute atomic E-state index is 0.240. The van der Waals surface area contributed by atoms with Crippen LogP contribution in [0.3, 0.4) is 0 Å². The van der Waals surface area contributed by atoms with E-state index in [-0.39, 0.29) is 11.7 Å². The van der Waals surface area contributed by atoms with Gasteiger partial charge in [-0.2, -0.15) is 0 Å². The van der Waals surface area contributed by atoms with Gasteiger partial charge in [-0.05, 0) is 24.5 Å². The molecule has 0 saturated carbocycles. The van der Waals surface area contributed by atoms with E-state index in [4.69, 9.17) is 14.2 Å². The molecule has 0 aromatic heterocycles. The summed E-state index contributed by atoms with van der Waals surface area (Å²) < 4.78 is 30.4. The third-order valence-electron chi connectivity index (χ3n) is 3.27. The van der Waals surface area contributed by atoms with Gasteiger partial charge in [0.1, 0.15) is 11.6 Å². The molecule has 18 heavy (non-hydrogen) atoms. The summed E-state index contributed by atoms with van der Waals surface area (Å²) in [7, 11) is 1.55. The first kappa shape index (κ1) is 13.3. The zero-order valence-corrected chi connectivity index (χ0v) is 11.2. The molecular formula is C14H19FO3. The van der Waals surface area contributed by atoms with Crippen LogP contribution in [-0.2, 0) is 15.3 Å². The average Bonchev–Trinajstić information content (AvgIpc) is 2.76. The van der Waals surface area contributed by atoms with Crippen LogP contribution in [-0.4, -0.2) is 20.3 Å². The van der Waals surface area contributed by atoms with Crippen molar-refractivity contribution >= 4 is 0 Å². The lowest BCUT2D eigenvalue weighted by Crippen LogP contribution is -2.24. The lowest BCUT2D eigenvalue weighted by molar-refractivity contribution is -0.151. The fraction of sp³-hybridized carbons (Fsp3) is 0.571. The smallest absolute Gasteiger partial charge is 0.194 e. The van der Waals surface area contributed by atoms with Crippen molar-refractivity contribution in [3.05, 3.63) is 29.1 Å². The first-order chi connectivity index (χ1) is 8.48. The summed E-state index contributed by atoms with van der Waals surface area (Å²) in [6, 6.07) is 3.19. The van der Waals surface area contributed by atoms with Gasteiger partial charge in [-0.1, -0.05) is 13.8 Å². The van der Waals surface area contributed by atoms with Crippen LogP contribution in [0, 0.1) is 5.82 Å². The molecule has 0 bridgehead atoms. The van der Waals surface area contributed by atoms with E-state index in [9.17, 15) is 4.39 Å². The van der Waals surface area contributed by atoms with E-state index >= 15 is 0 Å². The maximum atomic E-state index is 14.1. The Balaban J connectivity index is 2.51. The second kappa shape index (κ2) is 4.86. The van der Waals surface area contributed by atoms with Gasteiger partial charge in [0.2, 0.25) is 0 Å². The van der Waals surface area contributed by atoms with Crippen molar-refractivity contribution in [3.8, 4) is 5.75 Å². The molecule has 2 rings (SSSR count). The van der Waals surface area contributed by atoms with E-state index in [1.165, 1.54) is 6.07 Å². The Morgan fingerprint density at radius 2 is 1.89 bits per heavy atom. The van der Waals surface area contributed by atoms with E-state index in [0.717, 1.165) is 5.56 Å². The third kappa shape index (κ3) is 2.22. The number of hydrogen-bond donors (Lipinski definition) is 0. The molecule has 0 radical (unpaired) electrons. The highest BCUT2D eigenvalue weighted by Crippen LogP contribution is 2.37. The zero-order chi connectivity index (χ0) is 13.3. The Morgan fingerprint density at radius 1 is 1.28 bits per heavy atom. The van der Waals surface area contributed by atoms with Gasteiger partial charge in [0.05, 0.1) is 20.3 Å². The molecule has 0 aliphatic carbocycles. The van der Waals surface area contributed by atoms with Gasteiger partial charge in [0.15, 0.2) is 5.79 Å². The van der Waals surface area contributed by atoms with Crippen molar-refractivity contribution in [3.63, 3.8) is 0 Å². The lowest BCUT2D eigenvalue weighted by atomic mass is 9.96. The van der Waals surface area contributed by atoms with Crippen molar-refractivity contribution < 1.29 is 18.6 Å². The highest BCUT2D eigenvalue weighted by Gasteiger charge is 2.36. The summed E-state index contributed by atoms with van der Waals surface area (Å²) in [5.41, 5.74) is 1.39. The van der Waals surface area contributed by atoms with Gasteiger partial charge in [-0.25, -0.2) is 4.39 Å². The van der Waals surface area contributed by atoms with E-state index in [1.807, 2.05) is 13.8 Å². The Morgan fingerprint density at radius 3 is 2.39 bits per heavy atom. The van der Waals surface area contributed by atoms with Crippen molar-refractivity contribution in [2.45, 2.75) is 32.5 Å². The van der Waals surface area contributed by atoms with Gasteiger partial charge in [0, 0.05) is 11.6 Å². The second-order valence-electron chi connectivity index (χ2n) is 4.87. The number of rotatable bonds is 3. The molecule has 1 aliphatic heterocycles. The predicted octanol–water partition coefficient (Wildman–Crippen LogP) is 3.18. The molecule has 1 fully saturated rings. The average molecular weight is 254 g/mol. The van der Waals surface area contributed by atoms with E-state index in [0.29, 0.717) is 24.5 Å². The monoisotopic (exact) mass is 254 g/mol. The summed E-state index contributed by atoms with van der Waals surface area (Å²) in [5.74, 6) is -0.544. The molecule has 0 N–H and O–H groups in total. The molecule has 100 valence electrons. The van der Waals surface area contributed by atoms with Gasteiger partial charge in [0.25, 0.3) is 0 Å². The highest BCUT2D eigenvalue weighted by atomic mass is 19.1. The summed E-state index contributed by atoms with van der Waals surface area (Å²) in [4.78, 5) is 0. The topological polar surface area (TPSA) is 27.7 Å². The fourth-order valence-electron chi connectivity index (χ4n) is 2.22. The SMILES string of the molecule is COc1cc(F)c(C2(C)OCCO2)cc1C(C)C. The van der Waals surface area contributed by atoms with Crippen LogP contribution in [0.15, 0.2) is 12.1 Å². The lowest BCUT2D eigenvalue weighted by Gasteiger charge is -2.25. The minimum Gasteiger partial charge on any atom is -0.496 e. The predicted molar refractivity (Wildman–Crippen MR) is 66.3 cm³/mol. The number of methoxy groups -OCH3 is 1. The summed E-state index contributed by atoms with van der Waals surface area (Å²) >= 11 is 0. The van der Waals surface area contributed by atoms with Crippen LogP contribution >= 0.6 is 0 Å². The van der Waals surface area contributed by atoms with Crippen LogP contribution in [0.1, 0.15) is 37.8 Å². The van der Waals surface area contributed by atoms with E-state index in [2.05, 4.69) is 0 Å². The second-order valence-corrected chi connectivity index (χ2v) is 4.87. The molecule has 3 nitrogen and oxygen atoms in total. The molecule has 1 aliphatic rings. The number of halogens is 1. The number of benzene rings is 1. The fourth-order valence-corrected chi connectivity index (χ4v) is 2.22. The quantitative estimate of drug-likeness (QED) is 0.829. The molecule has 1 aromatic carbocycles. The summed E-state index contributed by atoms with van der Waals surface area (Å²) in [6.45, 7) is 6.80. The van der Waals surface area contributed by atoms with Crippen molar-refractivity contribution in [2.75, 3.05) is 20.3 Å². The van der Waals surface area contributed by atoms with E-state index in [1.54, 1.807) is 20.1 Å². The van der Waals surface area contributed by atoms with Gasteiger partial charge < -0.3 is 14.2 Å². The maximum Gasteiger partial charge on any atom is 0.194 e. The Bertz CT molecular complexity index is 437. The first-order valence-corrected chi connectivity index (χ1v) is 6.14. The highest BCUT2D eigenvalue weighted by molar-refractivity contribution is 5.41. The van der Waals surface area contributed by atoms with Crippen molar-refractivity contribution in [1.29, 1.82) is 0 Å². The van der Waals surface area contributed by atoms with Gasteiger partial charge in [-0.15, -0.1) is 0 Å². The number of ether oxygens (including phenoxy) is 3. The zero-order valence-electron chi connectivity index (χ0n) is 11.2.